The zero-order valence-electron chi connectivity index (χ0n) is 19.8. The number of hydrogen-bond donors (Lipinski definition) is 1. The van der Waals surface area contributed by atoms with E-state index in [1.807, 2.05) is 48.1 Å². The number of anilines is 2. The van der Waals surface area contributed by atoms with Gasteiger partial charge in [0.2, 0.25) is 0 Å². The van der Waals surface area contributed by atoms with Gasteiger partial charge in [0.15, 0.2) is 11.5 Å². The summed E-state index contributed by atoms with van der Waals surface area (Å²) in [6.45, 7) is 6.52. The Balaban J connectivity index is 1.41. The van der Waals surface area contributed by atoms with E-state index in [1.54, 1.807) is 10.8 Å². The van der Waals surface area contributed by atoms with Gasteiger partial charge in [0.25, 0.3) is 0 Å². The van der Waals surface area contributed by atoms with Crippen molar-refractivity contribution in [1.29, 1.82) is 0 Å². The van der Waals surface area contributed by atoms with E-state index in [-0.39, 0.29) is 0 Å². The number of ether oxygens (including phenoxy) is 1. The van der Waals surface area contributed by atoms with Gasteiger partial charge in [0, 0.05) is 24.1 Å². The summed E-state index contributed by atoms with van der Waals surface area (Å²) in [5, 5.41) is 12.1. The van der Waals surface area contributed by atoms with Crippen molar-refractivity contribution in [1.82, 2.24) is 29.2 Å². The van der Waals surface area contributed by atoms with Crippen LogP contribution < -0.4 is 10.1 Å². The highest BCUT2D eigenvalue weighted by molar-refractivity contribution is 5.77. The van der Waals surface area contributed by atoms with Crippen LogP contribution in [0.2, 0.25) is 0 Å². The normalized spacial score (nSPS) is 11.5. The van der Waals surface area contributed by atoms with Crippen molar-refractivity contribution in [3.8, 4) is 11.5 Å². The standard InChI is InChI=1S/C26H29N7O/c1-4-6-19(7-5-2)22-11-13-33-25(22)26(28-17-30-33)31-20-8-9-23(18(3)14-20)34-21-10-12-32-24(15-21)27-16-29-32/h8-17,19H,4-7H2,1-3H3,(H,28,30,31). The first-order valence-electron chi connectivity index (χ1n) is 11.8. The molecule has 4 aromatic heterocycles. The summed E-state index contributed by atoms with van der Waals surface area (Å²) < 4.78 is 9.74. The fourth-order valence-corrected chi connectivity index (χ4v) is 4.52. The molecule has 0 unspecified atom stereocenters. The Labute approximate surface area is 198 Å². The van der Waals surface area contributed by atoms with Crippen molar-refractivity contribution in [2.45, 2.75) is 52.4 Å². The Kier molecular flexibility index (Phi) is 6.12. The zero-order valence-corrected chi connectivity index (χ0v) is 19.8. The quantitative estimate of drug-likeness (QED) is 0.281. The molecule has 5 rings (SSSR count). The summed E-state index contributed by atoms with van der Waals surface area (Å²) in [5.74, 6) is 2.83. The van der Waals surface area contributed by atoms with E-state index < -0.39 is 0 Å². The zero-order chi connectivity index (χ0) is 23.5. The van der Waals surface area contributed by atoms with Gasteiger partial charge in [0.05, 0.1) is 0 Å². The van der Waals surface area contributed by atoms with Gasteiger partial charge >= 0.3 is 0 Å². The van der Waals surface area contributed by atoms with Crippen LogP contribution in [0.1, 0.15) is 56.6 Å². The predicted octanol–water partition coefficient (Wildman–Crippen LogP) is 6.30. The van der Waals surface area contributed by atoms with Crippen molar-refractivity contribution >= 4 is 22.7 Å². The number of fused-ring (bicyclic) bond motifs is 2. The van der Waals surface area contributed by atoms with Crippen molar-refractivity contribution in [2.75, 3.05) is 5.32 Å². The molecule has 0 saturated heterocycles. The third kappa shape index (κ3) is 4.31. The minimum atomic E-state index is 0.506. The van der Waals surface area contributed by atoms with Gasteiger partial charge < -0.3 is 10.1 Å². The molecule has 1 N–H and O–H groups in total. The summed E-state index contributed by atoms with van der Waals surface area (Å²) in [6, 6.07) is 12.0. The molecular formula is C26H29N7O. The van der Waals surface area contributed by atoms with Crippen LogP contribution in [0.15, 0.2) is 61.4 Å². The highest BCUT2D eigenvalue weighted by Gasteiger charge is 2.18. The molecule has 8 nitrogen and oxygen atoms in total. The van der Waals surface area contributed by atoms with E-state index in [1.165, 1.54) is 11.9 Å². The van der Waals surface area contributed by atoms with Crippen LogP contribution >= 0.6 is 0 Å². The third-order valence-electron chi connectivity index (χ3n) is 6.12. The fourth-order valence-electron chi connectivity index (χ4n) is 4.52. The second-order valence-corrected chi connectivity index (χ2v) is 8.58. The molecule has 0 spiro atoms. The lowest BCUT2D eigenvalue weighted by atomic mass is 9.91. The maximum atomic E-state index is 6.12. The van der Waals surface area contributed by atoms with Gasteiger partial charge in [-0.3, -0.25) is 0 Å². The maximum absolute atomic E-state index is 6.12. The number of aryl methyl sites for hydroxylation is 1. The number of hydrogen-bond acceptors (Lipinski definition) is 6. The highest BCUT2D eigenvalue weighted by atomic mass is 16.5. The summed E-state index contributed by atoms with van der Waals surface area (Å²) >= 11 is 0. The van der Waals surface area contributed by atoms with Crippen LogP contribution in [0, 0.1) is 6.92 Å². The molecule has 0 aliphatic carbocycles. The summed E-state index contributed by atoms with van der Waals surface area (Å²) in [4.78, 5) is 8.81. The van der Waals surface area contributed by atoms with Crippen LogP contribution in [-0.2, 0) is 0 Å². The topological polar surface area (TPSA) is 81.6 Å². The lowest BCUT2D eigenvalue weighted by Crippen LogP contribution is -2.04. The van der Waals surface area contributed by atoms with Crippen LogP contribution in [0.25, 0.3) is 11.2 Å². The molecule has 0 saturated carbocycles. The lowest BCUT2D eigenvalue weighted by Gasteiger charge is -2.17. The Morgan fingerprint density at radius 1 is 0.912 bits per heavy atom. The molecular weight excluding hydrogens is 426 g/mol. The minimum absolute atomic E-state index is 0.506. The van der Waals surface area contributed by atoms with Crippen molar-refractivity contribution in [2.24, 2.45) is 0 Å². The first-order valence-corrected chi connectivity index (χ1v) is 11.8. The Bertz CT molecular complexity index is 1420. The lowest BCUT2D eigenvalue weighted by molar-refractivity contribution is 0.478. The van der Waals surface area contributed by atoms with Gasteiger partial charge in [-0.15, -0.1) is 0 Å². The molecule has 8 heteroatoms. The van der Waals surface area contributed by atoms with E-state index >= 15 is 0 Å². The van der Waals surface area contributed by atoms with Gasteiger partial charge in [-0.1, -0.05) is 26.7 Å². The molecule has 0 aliphatic heterocycles. The van der Waals surface area contributed by atoms with Gasteiger partial charge in [-0.25, -0.2) is 19.0 Å². The van der Waals surface area contributed by atoms with Crippen molar-refractivity contribution in [3.05, 3.63) is 72.6 Å². The summed E-state index contributed by atoms with van der Waals surface area (Å²) in [5.41, 5.74) is 5.07. The SMILES string of the molecule is CCCC(CCC)c1ccn2ncnc(Nc3ccc(Oc4ccn5ncnc5c4)c(C)c3)c12. The van der Waals surface area contributed by atoms with E-state index in [4.69, 9.17) is 4.74 Å². The maximum Gasteiger partial charge on any atom is 0.158 e. The van der Waals surface area contributed by atoms with Crippen LogP contribution in [0.4, 0.5) is 11.5 Å². The Morgan fingerprint density at radius 3 is 2.47 bits per heavy atom. The van der Waals surface area contributed by atoms with E-state index in [0.717, 1.165) is 65.4 Å². The Hall–Kier alpha value is -3.94. The molecule has 174 valence electrons. The molecule has 0 amide bonds. The monoisotopic (exact) mass is 455 g/mol. The van der Waals surface area contributed by atoms with Crippen LogP contribution in [0.3, 0.4) is 0 Å². The highest BCUT2D eigenvalue weighted by Crippen LogP contribution is 2.34. The summed E-state index contributed by atoms with van der Waals surface area (Å²) in [7, 11) is 0. The average molecular weight is 456 g/mol. The van der Waals surface area contributed by atoms with Crippen molar-refractivity contribution in [3.63, 3.8) is 0 Å². The van der Waals surface area contributed by atoms with E-state index in [2.05, 4.69) is 51.5 Å². The number of benzene rings is 1. The molecule has 0 radical (unpaired) electrons. The molecule has 4 heterocycles. The van der Waals surface area contributed by atoms with E-state index in [9.17, 15) is 0 Å². The molecule has 5 aromatic rings. The average Bonchev–Trinajstić information content (AvgIpc) is 3.48. The molecule has 0 atom stereocenters. The van der Waals surface area contributed by atoms with Gasteiger partial charge in [-0.2, -0.15) is 10.2 Å². The molecule has 0 fully saturated rings. The van der Waals surface area contributed by atoms with Crippen molar-refractivity contribution < 1.29 is 4.74 Å². The minimum Gasteiger partial charge on any atom is -0.457 e. The van der Waals surface area contributed by atoms with Gasteiger partial charge in [-0.05, 0) is 67.1 Å². The van der Waals surface area contributed by atoms with Crippen LogP contribution in [0.5, 0.6) is 11.5 Å². The second-order valence-electron chi connectivity index (χ2n) is 8.58. The van der Waals surface area contributed by atoms with E-state index in [0.29, 0.717) is 5.92 Å². The third-order valence-corrected chi connectivity index (χ3v) is 6.12. The second kappa shape index (κ2) is 9.51. The first-order chi connectivity index (χ1) is 16.7. The molecule has 0 aliphatic rings. The molecule has 0 bridgehead atoms. The molecule has 34 heavy (non-hydrogen) atoms. The van der Waals surface area contributed by atoms with Crippen LogP contribution in [-0.4, -0.2) is 29.2 Å². The van der Waals surface area contributed by atoms with Gasteiger partial charge in [0.1, 0.15) is 29.7 Å². The number of rotatable bonds is 9. The Morgan fingerprint density at radius 2 is 1.68 bits per heavy atom. The summed E-state index contributed by atoms with van der Waals surface area (Å²) in [6.07, 6.45) is 11.6. The number of nitrogens with zero attached hydrogens (tertiary/aromatic N) is 6. The smallest absolute Gasteiger partial charge is 0.158 e. The number of nitrogens with one attached hydrogen (secondary N) is 1. The molecule has 1 aromatic carbocycles. The number of aromatic nitrogens is 6. The largest absolute Gasteiger partial charge is 0.457 e. The predicted molar refractivity (Wildman–Crippen MR) is 133 cm³/mol. The number of pyridine rings is 1. The first kappa shape index (κ1) is 21.9. The fraction of sp³-hybridized carbons (Fsp3) is 0.308.